The minimum Gasteiger partial charge on any atom is -0.466 e. The molecule has 5 nitrogen and oxygen atoms in total. The van der Waals surface area contributed by atoms with Gasteiger partial charge in [0.15, 0.2) is 0 Å². The van der Waals surface area contributed by atoms with Crippen LogP contribution >= 0.6 is 0 Å². The lowest BCUT2D eigenvalue weighted by Gasteiger charge is -2.24. The molecule has 1 unspecified atom stereocenters. The Morgan fingerprint density at radius 2 is 1.89 bits per heavy atom. The Hall–Kier alpha value is -1.39. The van der Waals surface area contributed by atoms with E-state index in [0.29, 0.717) is 32.3 Å². The van der Waals surface area contributed by atoms with Gasteiger partial charge in [-0.2, -0.15) is 0 Å². The summed E-state index contributed by atoms with van der Waals surface area (Å²) in [6.45, 7) is 4.09. The van der Waals surface area contributed by atoms with Gasteiger partial charge >= 0.3 is 11.9 Å². The van der Waals surface area contributed by atoms with E-state index in [1.54, 1.807) is 13.8 Å². The zero-order chi connectivity index (χ0) is 14.3. The van der Waals surface area contributed by atoms with Crippen molar-refractivity contribution in [2.75, 3.05) is 13.2 Å². The van der Waals surface area contributed by atoms with Crippen LogP contribution in [0, 0.1) is 5.41 Å². The highest BCUT2D eigenvalue weighted by molar-refractivity contribution is 6.05. The second-order valence-corrected chi connectivity index (χ2v) is 4.74. The number of rotatable bonds is 7. The smallest absolute Gasteiger partial charge is 0.319 e. The van der Waals surface area contributed by atoms with E-state index in [1.807, 2.05) is 0 Å². The minimum atomic E-state index is -1.01. The van der Waals surface area contributed by atoms with Gasteiger partial charge in [0.1, 0.15) is 11.2 Å². The van der Waals surface area contributed by atoms with E-state index in [4.69, 9.17) is 9.47 Å². The molecule has 0 radical (unpaired) electrons. The Morgan fingerprint density at radius 1 is 1.21 bits per heavy atom. The number of ketones is 1. The number of Topliss-reactive ketones (excluding diaryl/α,β-unsaturated/α-hetero) is 1. The second-order valence-electron chi connectivity index (χ2n) is 4.74. The molecule has 0 aromatic heterocycles. The third-order valence-corrected chi connectivity index (χ3v) is 3.50. The summed E-state index contributed by atoms with van der Waals surface area (Å²) in [7, 11) is 0. The fourth-order valence-corrected chi connectivity index (χ4v) is 2.55. The molecule has 1 aliphatic rings. The van der Waals surface area contributed by atoms with Crippen molar-refractivity contribution >= 4 is 17.7 Å². The molecule has 0 aromatic rings. The highest BCUT2D eigenvalue weighted by Crippen LogP contribution is 2.40. The van der Waals surface area contributed by atoms with Gasteiger partial charge in [-0.15, -0.1) is 0 Å². The van der Waals surface area contributed by atoms with Gasteiger partial charge in [0.2, 0.25) is 0 Å². The monoisotopic (exact) mass is 270 g/mol. The average Bonchev–Trinajstić information content (AvgIpc) is 2.73. The van der Waals surface area contributed by atoms with Crippen molar-refractivity contribution in [1.82, 2.24) is 0 Å². The van der Waals surface area contributed by atoms with Crippen LogP contribution in [0.4, 0.5) is 0 Å². The third kappa shape index (κ3) is 3.78. The first-order valence-electron chi connectivity index (χ1n) is 6.93. The fourth-order valence-electron chi connectivity index (χ4n) is 2.55. The number of hydrogen-bond donors (Lipinski definition) is 0. The summed E-state index contributed by atoms with van der Waals surface area (Å²) < 4.78 is 9.86. The van der Waals surface area contributed by atoms with Crippen LogP contribution in [-0.4, -0.2) is 30.9 Å². The number of esters is 2. The van der Waals surface area contributed by atoms with E-state index in [2.05, 4.69) is 0 Å². The molecule has 19 heavy (non-hydrogen) atoms. The van der Waals surface area contributed by atoms with E-state index < -0.39 is 11.4 Å². The molecular formula is C14H22O5. The maximum atomic E-state index is 12.0. The summed E-state index contributed by atoms with van der Waals surface area (Å²) in [5.41, 5.74) is -1.01. The Bertz CT molecular complexity index is 350. The van der Waals surface area contributed by atoms with Crippen molar-refractivity contribution in [2.45, 2.75) is 52.4 Å². The molecular weight excluding hydrogens is 248 g/mol. The molecule has 1 atom stereocenters. The predicted octanol–water partition coefficient (Wildman–Crippen LogP) is 2.02. The topological polar surface area (TPSA) is 69.7 Å². The van der Waals surface area contributed by atoms with Gasteiger partial charge in [0, 0.05) is 12.8 Å². The summed E-state index contributed by atoms with van der Waals surface area (Å²) in [6, 6.07) is 0. The fraction of sp³-hybridized carbons (Fsp3) is 0.786. The van der Waals surface area contributed by atoms with Gasteiger partial charge in [-0.3, -0.25) is 14.4 Å². The standard InChI is InChI=1S/C14H22O5/c1-3-18-12(16)8-6-10-14(13(17)19-4-2)9-5-7-11(14)15/h3-10H2,1-2H3. The van der Waals surface area contributed by atoms with Crippen molar-refractivity contribution in [3.05, 3.63) is 0 Å². The normalized spacial score (nSPS) is 22.3. The van der Waals surface area contributed by atoms with Crippen LogP contribution in [0.1, 0.15) is 52.4 Å². The lowest BCUT2D eigenvalue weighted by molar-refractivity contribution is -0.160. The van der Waals surface area contributed by atoms with Gasteiger partial charge in [-0.25, -0.2) is 0 Å². The van der Waals surface area contributed by atoms with Crippen molar-refractivity contribution in [2.24, 2.45) is 5.41 Å². The first-order chi connectivity index (χ1) is 9.06. The van der Waals surface area contributed by atoms with Crippen molar-refractivity contribution in [1.29, 1.82) is 0 Å². The SMILES string of the molecule is CCOC(=O)CCCC1(C(=O)OCC)CCCC1=O. The first-order valence-corrected chi connectivity index (χ1v) is 6.93. The zero-order valence-electron chi connectivity index (χ0n) is 11.7. The summed E-state index contributed by atoms with van der Waals surface area (Å²) >= 11 is 0. The lowest BCUT2D eigenvalue weighted by atomic mass is 9.80. The maximum Gasteiger partial charge on any atom is 0.319 e. The molecule has 108 valence electrons. The van der Waals surface area contributed by atoms with Crippen LogP contribution in [0.2, 0.25) is 0 Å². The molecule has 0 spiro atoms. The summed E-state index contributed by atoms with van der Waals surface area (Å²) in [5, 5.41) is 0. The minimum absolute atomic E-state index is 0.0465. The molecule has 0 amide bonds. The van der Waals surface area contributed by atoms with Crippen LogP contribution in [0.5, 0.6) is 0 Å². The second kappa shape index (κ2) is 7.26. The molecule has 0 N–H and O–H groups in total. The molecule has 0 bridgehead atoms. The molecule has 0 saturated heterocycles. The molecule has 1 rings (SSSR count). The highest BCUT2D eigenvalue weighted by atomic mass is 16.5. The van der Waals surface area contributed by atoms with Crippen molar-refractivity contribution in [3.8, 4) is 0 Å². The highest BCUT2D eigenvalue weighted by Gasteiger charge is 2.49. The van der Waals surface area contributed by atoms with Crippen LogP contribution in [0.15, 0.2) is 0 Å². The summed E-state index contributed by atoms with van der Waals surface area (Å²) in [5.74, 6) is -0.761. The van der Waals surface area contributed by atoms with E-state index in [0.717, 1.165) is 6.42 Å². The van der Waals surface area contributed by atoms with Crippen LogP contribution in [0.3, 0.4) is 0 Å². The molecule has 0 aromatic carbocycles. The summed E-state index contributed by atoms with van der Waals surface area (Å²) in [6.07, 6.45) is 2.78. The Morgan fingerprint density at radius 3 is 2.42 bits per heavy atom. The molecule has 1 aliphatic carbocycles. The van der Waals surface area contributed by atoms with Crippen molar-refractivity contribution < 1.29 is 23.9 Å². The van der Waals surface area contributed by atoms with E-state index >= 15 is 0 Å². The quantitative estimate of drug-likeness (QED) is 0.523. The van der Waals surface area contributed by atoms with E-state index in [1.165, 1.54) is 0 Å². The Labute approximate surface area is 113 Å². The largest absolute Gasteiger partial charge is 0.466 e. The zero-order valence-corrected chi connectivity index (χ0v) is 11.7. The third-order valence-electron chi connectivity index (χ3n) is 3.50. The van der Waals surface area contributed by atoms with Gasteiger partial charge in [-0.05, 0) is 39.5 Å². The first kappa shape index (κ1) is 15.7. The van der Waals surface area contributed by atoms with Gasteiger partial charge in [-0.1, -0.05) is 0 Å². The van der Waals surface area contributed by atoms with Crippen LogP contribution < -0.4 is 0 Å². The predicted molar refractivity (Wildman–Crippen MR) is 68.4 cm³/mol. The molecule has 1 fully saturated rings. The number of carbonyl (C=O) groups is 3. The molecule has 5 heteroatoms. The van der Waals surface area contributed by atoms with Gasteiger partial charge in [0.05, 0.1) is 13.2 Å². The van der Waals surface area contributed by atoms with Crippen LogP contribution in [0.25, 0.3) is 0 Å². The Kier molecular flexibility index (Phi) is 5.99. The molecule has 0 aliphatic heterocycles. The van der Waals surface area contributed by atoms with E-state index in [9.17, 15) is 14.4 Å². The molecule has 0 heterocycles. The van der Waals surface area contributed by atoms with E-state index in [-0.39, 0.29) is 24.8 Å². The van der Waals surface area contributed by atoms with Crippen LogP contribution in [-0.2, 0) is 23.9 Å². The summed E-state index contributed by atoms with van der Waals surface area (Å²) in [4.78, 5) is 35.3. The Balaban J connectivity index is 2.59. The molecule has 1 saturated carbocycles. The van der Waals surface area contributed by atoms with Gasteiger partial charge in [0.25, 0.3) is 0 Å². The lowest BCUT2D eigenvalue weighted by Crippen LogP contribution is -2.37. The number of ether oxygens (including phenoxy) is 2. The number of carbonyl (C=O) groups excluding carboxylic acids is 3. The average molecular weight is 270 g/mol. The maximum absolute atomic E-state index is 12.0. The van der Waals surface area contributed by atoms with Crippen molar-refractivity contribution in [3.63, 3.8) is 0 Å². The van der Waals surface area contributed by atoms with Gasteiger partial charge < -0.3 is 9.47 Å². The number of hydrogen-bond acceptors (Lipinski definition) is 5.